The van der Waals surface area contributed by atoms with E-state index in [0.29, 0.717) is 17.5 Å². The summed E-state index contributed by atoms with van der Waals surface area (Å²) in [7, 11) is 0. The Hall–Kier alpha value is -2.53. The Balaban J connectivity index is 1.74. The lowest BCUT2D eigenvalue weighted by Gasteiger charge is -2.13. The van der Waals surface area contributed by atoms with Crippen LogP contribution in [0, 0.1) is 17.6 Å². The summed E-state index contributed by atoms with van der Waals surface area (Å²) in [6, 6.07) is 9.84. The number of hydrogen-bond acceptors (Lipinski definition) is 2. The van der Waals surface area contributed by atoms with Crippen molar-refractivity contribution < 1.29 is 18.7 Å². The summed E-state index contributed by atoms with van der Waals surface area (Å²) in [5, 5.41) is 11.8. The molecule has 5 heteroatoms. The molecular formula is C19H17F2NO2. The average molecular weight is 329 g/mol. The third-order valence-electron chi connectivity index (χ3n) is 4.11. The molecule has 124 valence electrons. The molecule has 3 rings (SSSR count). The number of halogens is 2. The van der Waals surface area contributed by atoms with E-state index in [-0.39, 0.29) is 29.9 Å². The molecule has 0 aliphatic heterocycles. The van der Waals surface area contributed by atoms with Crippen LogP contribution in [-0.2, 0) is 0 Å². The summed E-state index contributed by atoms with van der Waals surface area (Å²) in [5.74, 6) is -1.46. The minimum Gasteiger partial charge on any atom is -0.396 e. The van der Waals surface area contributed by atoms with E-state index < -0.39 is 11.7 Å². The zero-order chi connectivity index (χ0) is 17.1. The summed E-state index contributed by atoms with van der Waals surface area (Å²) >= 11 is 0. The van der Waals surface area contributed by atoms with Gasteiger partial charge in [0.1, 0.15) is 11.6 Å². The number of rotatable bonds is 4. The lowest BCUT2D eigenvalue weighted by atomic mass is 10.0. The van der Waals surface area contributed by atoms with E-state index in [1.165, 1.54) is 24.3 Å². The molecular weight excluding hydrogens is 312 g/mol. The smallest absolute Gasteiger partial charge is 0.254 e. The van der Waals surface area contributed by atoms with Crippen molar-refractivity contribution in [2.75, 3.05) is 6.61 Å². The maximum Gasteiger partial charge on any atom is 0.254 e. The third kappa shape index (κ3) is 3.51. The molecule has 0 saturated carbocycles. The zero-order valence-corrected chi connectivity index (χ0v) is 12.9. The van der Waals surface area contributed by atoms with Gasteiger partial charge < -0.3 is 10.4 Å². The highest BCUT2D eigenvalue weighted by molar-refractivity contribution is 5.95. The SMILES string of the molecule is O=C(N[C@@H]1C=C[C@H](CO)C1)c1ccc(-c2ccc(F)cc2)cc1F. The molecule has 1 amide bonds. The second kappa shape index (κ2) is 6.93. The third-order valence-corrected chi connectivity index (χ3v) is 4.11. The fourth-order valence-electron chi connectivity index (χ4n) is 2.78. The number of benzene rings is 2. The van der Waals surface area contributed by atoms with E-state index >= 15 is 0 Å². The first-order chi connectivity index (χ1) is 11.6. The van der Waals surface area contributed by atoms with Crippen molar-refractivity contribution >= 4 is 5.91 Å². The number of hydrogen-bond donors (Lipinski definition) is 2. The number of carbonyl (C=O) groups excluding carboxylic acids is 1. The van der Waals surface area contributed by atoms with E-state index in [9.17, 15) is 13.6 Å². The van der Waals surface area contributed by atoms with E-state index in [4.69, 9.17) is 5.11 Å². The maximum atomic E-state index is 14.3. The van der Waals surface area contributed by atoms with Gasteiger partial charge in [0, 0.05) is 18.6 Å². The van der Waals surface area contributed by atoms with Gasteiger partial charge in [-0.25, -0.2) is 8.78 Å². The molecule has 2 N–H and O–H groups in total. The number of aliphatic hydroxyl groups excluding tert-OH is 1. The van der Waals surface area contributed by atoms with Gasteiger partial charge in [-0.15, -0.1) is 0 Å². The quantitative estimate of drug-likeness (QED) is 0.846. The average Bonchev–Trinajstić information content (AvgIpc) is 3.03. The van der Waals surface area contributed by atoms with E-state index in [1.54, 1.807) is 18.2 Å². The summed E-state index contributed by atoms with van der Waals surface area (Å²) in [5.41, 5.74) is 1.21. The van der Waals surface area contributed by atoms with Crippen LogP contribution in [0.25, 0.3) is 11.1 Å². The van der Waals surface area contributed by atoms with Crippen molar-refractivity contribution in [3.05, 3.63) is 71.8 Å². The van der Waals surface area contributed by atoms with Gasteiger partial charge >= 0.3 is 0 Å². The maximum absolute atomic E-state index is 14.3. The molecule has 0 fully saturated rings. The lowest BCUT2D eigenvalue weighted by Crippen LogP contribution is -2.33. The van der Waals surface area contributed by atoms with Crippen LogP contribution in [0.5, 0.6) is 0 Å². The highest BCUT2D eigenvalue weighted by atomic mass is 19.1. The second-order valence-electron chi connectivity index (χ2n) is 5.84. The minimum atomic E-state index is -0.630. The number of aliphatic hydroxyl groups is 1. The summed E-state index contributed by atoms with van der Waals surface area (Å²) < 4.78 is 27.2. The van der Waals surface area contributed by atoms with Crippen molar-refractivity contribution in [1.29, 1.82) is 0 Å². The van der Waals surface area contributed by atoms with Crippen LogP contribution in [-0.4, -0.2) is 23.7 Å². The highest BCUT2D eigenvalue weighted by Gasteiger charge is 2.21. The number of nitrogens with one attached hydrogen (secondary N) is 1. The van der Waals surface area contributed by atoms with Gasteiger partial charge in [0.25, 0.3) is 5.91 Å². The van der Waals surface area contributed by atoms with Crippen LogP contribution in [0.15, 0.2) is 54.6 Å². The van der Waals surface area contributed by atoms with Gasteiger partial charge in [-0.3, -0.25) is 4.79 Å². The molecule has 0 spiro atoms. The van der Waals surface area contributed by atoms with Crippen molar-refractivity contribution in [2.24, 2.45) is 5.92 Å². The molecule has 0 bridgehead atoms. The van der Waals surface area contributed by atoms with Crippen LogP contribution in [0.2, 0.25) is 0 Å². The first-order valence-corrected chi connectivity index (χ1v) is 7.72. The topological polar surface area (TPSA) is 49.3 Å². The first kappa shape index (κ1) is 16.3. The summed E-state index contributed by atoms with van der Waals surface area (Å²) in [6.45, 7) is 0.0313. The molecule has 2 aromatic rings. The van der Waals surface area contributed by atoms with Gasteiger partial charge in [0.05, 0.1) is 5.56 Å². The zero-order valence-electron chi connectivity index (χ0n) is 12.9. The normalized spacial score (nSPS) is 19.5. The Morgan fingerprint density at radius 1 is 1.08 bits per heavy atom. The van der Waals surface area contributed by atoms with Crippen LogP contribution >= 0.6 is 0 Å². The largest absolute Gasteiger partial charge is 0.396 e. The standard InChI is InChI=1S/C19H17F2NO2/c20-15-5-2-13(3-6-15)14-4-8-17(18(21)10-14)19(24)22-16-7-1-12(9-16)11-23/h1-8,10,12,16,23H,9,11H2,(H,22,24)/t12-,16+/m0/s1. The Bertz CT molecular complexity index is 771. The number of carbonyl (C=O) groups is 1. The monoisotopic (exact) mass is 329 g/mol. The van der Waals surface area contributed by atoms with Crippen LogP contribution in [0.1, 0.15) is 16.8 Å². The van der Waals surface area contributed by atoms with E-state index in [2.05, 4.69) is 5.32 Å². The summed E-state index contributed by atoms with van der Waals surface area (Å²) in [6.07, 6.45) is 4.26. The fraction of sp³-hybridized carbons (Fsp3) is 0.211. The molecule has 1 aliphatic carbocycles. The van der Waals surface area contributed by atoms with Crippen LogP contribution < -0.4 is 5.32 Å². The Morgan fingerprint density at radius 3 is 2.42 bits per heavy atom. The van der Waals surface area contributed by atoms with Gasteiger partial charge in [0.2, 0.25) is 0 Å². The van der Waals surface area contributed by atoms with Crippen LogP contribution in [0.4, 0.5) is 8.78 Å². The molecule has 2 aromatic carbocycles. The molecule has 3 nitrogen and oxygen atoms in total. The van der Waals surface area contributed by atoms with Crippen molar-refractivity contribution in [3.8, 4) is 11.1 Å². The van der Waals surface area contributed by atoms with Crippen molar-refractivity contribution in [1.82, 2.24) is 5.32 Å². The fourth-order valence-corrected chi connectivity index (χ4v) is 2.78. The second-order valence-corrected chi connectivity index (χ2v) is 5.84. The molecule has 0 unspecified atom stereocenters. The predicted molar refractivity (Wildman–Crippen MR) is 87.4 cm³/mol. The Morgan fingerprint density at radius 2 is 1.79 bits per heavy atom. The van der Waals surface area contributed by atoms with E-state index in [1.807, 2.05) is 12.2 Å². The minimum absolute atomic E-state index is 0.0287. The van der Waals surface area contributed by atoms with Gasteiger partial charge in [-0.05, 0) is 41.8 Å². The molecule has 0 heterocycles. The van der Waals surface area contributed by atoms with Gasteiger partial charge in [-0.2, -0.15) is 0 Å². The molecule has 0 radical (unpaired) electrons. The lowest BCUT2D eigenvalue weighted by molar-refractivity contribution is 0.0937. The van der Waals surface area contributed by atoms with Crippen molar-refractivity contribution in [2.45, 2.75) is 12.5 Å². The molecule has 0 aromatic heterocycles. The van der Waals surface area contributed by atoms with Gasteiger partial charge in [-0.1, -0.05) is 30.4 Å². The van der Waals surface area contributed by atoms with Crippen molar-refractivity contribution in [3.63, 3.8) is 0 Å². The Labute approximate surface area is 138 Å². The van der Waals surface area contributed by atoms with E-state index in [0.717, 1.165) is 0 Å². The van der Waals surface area contributed by atoms with Gasteiger partial charge in [0.15, 0.2) is 0 Å². The summed E-state index contributed by atoms with van der Waals surface area (Å²) in [4.78, 5) is 12.2. The Kier molecular flexibility index (Phi) is 4.71. The highest BCUT2D eigenvalue weighted by Crippen LogP contribution is 2.23. The molecule has 1 aliphatic rings. The molecule has 24 heavy (non-hydrogen) atoms. The molecule has 2 atom stereocenters. The number of amides is 1. The predicted octanol–water partition coefficient (Wildman–Crippen LogP) is 3.30. The van der Waals surface area contributed by atoms with Crippen LogP contribution in [0.3, 0.4) is 0 Å². The first-order valence-electron chi connectivity index (χ1n) is 7.72. The molecule has 0 saturated heterocycles.